The van der Waals surface area contributed by atoms with E-state index in [2.05, 4.69) is 15.5 Å². The van der Waals surface area contributed by atoms with Crippen molar-refractivity contribution in [3.8, 4) is 11.5 Å². The summed E-state index contributed by atoms with van der Waals surface area (Å²) in [6, 6.07) is 15.8. The van der Waals surface area contributed by atoms with Gasteiger partial charge in [-0.2, -0.15) is 0 Å². The van der Waals surface area contributed by atoms with E-state index in [0.29, 0.717) is 10.9 Å². The predicted molar refractivity (Wildman–Crippen MR) is 119 cm³/mol. The third-order valence-corrected chi connectivity index (χ3v) is 5.17. The van der Waals surface area contributed by atoms with Gasteiger partial charge in [-0.05, 0) is 43.7 Å². The van der Waals surface area contributed by atoms with Crippen molar-refractivity contribution in [3.63, 3.8) is 0 Å². The molecule has 0 aliphatic carbocycles. The van der Waals surface area contributed by atoms with Gasteiger partial charge in [0, 0.05) is 10.6 Å². The number of carbonyl (C=O) groups excluding carboxylic acids is 2. The number of nitrogens with one attached hydrogen (secondary N) is 1. The number of benzene rings is 2. The van der Waals surface area contributed by atoms with Crippen LogP contribution in [0.4, 0.5) is 0 Å². The van der Waals surface area contributed by atoms with E-state index in [1.54, 1.807) is 38.1 Å². The SMILES string of the molecule is CC(C)OC(=O)CC(NC(=O)CSc1nnc(-c2ccc(Cl)cc2)o1)c1ccccc1. The monoisotopic (exact) mass is 459 g/mol. The van der Waals surface area contributed by atoms with E-state index < -0.39 is 6.04 Å². The lowest BCUT2D eigenvalue weighted by Gasteiger charge is -2.19. The smallest absolute Gasteiger partial charge is 0.308 e. The number of carbonyl (C=O) groups is 2. The molecule has 0 aliphatic rings. The van der Waals surface area contributed by atoms with Gasteiger partial charge >= 0.3 is 5.97 Å². The first-order valence-corrected chi connectivity index (χ1v) is 11.0. The lowest BCUT2D eigenvalue weighted by atomic mass is 10.0. The van der Waals surface area contributed by atoms with Crippen molar-refractivity contribution in [2.45, 2.75) is 37.6 Å². The van der Waals surface area contributed by atoms with Crippen molar-refractivity contribution in [1.29, 1.82) is 0 Å². The van der Waals surface area contributed by atoms with Gasteiger partial charge in [-0.3, -0.25) is 9.59 Å². The van der Waals surface area contributed by atoms with Gasteiger partial charge in [-0.25, -0.2) is 0 Å². The Morgan fingerprint density at radius 3 is 2.48 bits per heavy atom. The molecule has 1 atom stereocenters. The van der Waals surface area contributed by atoms with Crippen LogP contribution in [0.1, 0.15) is 31.9 Å². The highest BCUT2D eigenvalue weighted by molar-refractivity contribution is 7.99. The topological polar surface area (TPSA) is 94.3 Å². The van der Waals surface area contributed by atoms with Gasteiger partial charge in [-0.15, -0.1) is 10.2 Å². The van der Waals surface area contributed by atoms with Crippen LogP contribution in [-0.2, 0) is 14.3 Å². The van der Waals surface area contributed by atoms with E-state index in [-0.39, 0.29) is 35.4 Å². The number of thioether (sulfide) groups is 1. The standard InChI is InChI=1S/C22H22ClN3O4S/c1-14(2)29-20(28)12-18(15-6-4-3-5-7-15)24-19(27)13-31-22-26-25-21(30-22)16-8-10-17(23)11-9-16/h3-11,14,18H,12-13H2,1-2H3,(H,24,27). The number of halogens is 1. The van der Waals surface area contributed by atoms with E-state index in [0.717, 1.165) is 22.9 Å². The molecule has 1 N–H and O–H groups in total. The maximum absolute atomic E-state index is 12.5. The zero-order valence-electron chi connectivity index (χ0n) is 17.1. The number of nitrogens with zero attached hydrogens (tertiary/aromatic N) is 2. The fourth-order valence-electron chi connectivity index (χ4n) is 2.76. The zero-order valence-corrected chi connectivity index (χ0v) is 18.7. The van der Waals surface area contributed by atoms with Gasteiger partial charge in [0.25, 0.3) is 5.22 Å². The Bertz CT molecular complexity index is 1010. The van der Waals surface area contributed by atoms with Crippen LogP contribution < -0.4 is 5.32 Å². The molecule has 0 aliphatic heterocycles. The minimum absolute atomic E-state index is 0.0415. The molecule has 1 aromatic heterocycles. The zero-order chi connectivity index (χ0) is 22.2. The van der Waals surface area contributed by atoms with Crippen LogP contribution in [0.25, 0.3) is 11.5 Å². The molecule has 0 saturated heterocycles. The third kappa shape index (κ3) is 7.11. The minimum Gasteiger partial charge on any atom is -0.463 e. The van der Waals surface area contributed by atoms with E-state index in [9.17, 15) is 9.59 Å². The average Bonchev–Trinajstić information content (AvgIpc) is 3.21. The molecule has 3 aromatic rings. The van der Waals surface area contributed by atoms with Gasteiger partial charge < -0.3 is 14.5 Å². The summed E-state index contributed by atoms with van der Waals surface area (Å²) in [7, 11) is 0. The Hall–Kier alpha value is -2.84. The van der Waals surface area contributed by atoms with Crippen molar-refractivity contribution in [2.75, 3.05) is 5.75 Å². The predicted octanol–water partition coefficient (Wildman–Crippen LogP) is 4.68. The molecule has 2 aromatic carbocycles. The summed E-state index contributed by atoms with van der Waals surface area (Å²) in [5.74, 6) is -0.230. The quantitative estimate of drug-likeness (QED) is 0.366. The highest BCUT2D eigenvalue weighted by atomic mass is 35.5. The van der Waals surface area contributed by atoms with Crippen LogP contribution in [0.5, 0.6) is 0 Å². The number of hydrogen-bond acceptors (Lipinski definition) is 7. The van der Waals surface area contributed by atoms with Gasteiger partial charge in [0.2, 0.25) is 11.8 Å². The van der Waals surface area contributed by atoms with E-state index in [1.807, 2.05) is 30.3 Å². The molecule has 0 fully saturated rings. The Morgan fingerprint density at radius 2 is 1.81 bits per heavy atom. The molecule has 0 spiro atoms. The molecule has 7 nitrogen and oxygen atoms in total. The van der Waals surface area contributed by atoms with Crippen LogP contribution >= 0.6 is 23.4 Å². The first kappa shape index (κ1) is 22.8. The molecule has 3 rings (SSSR count). The summed E-state index contributed by atoms with van der Waals surface area (Å²) in [6.07, 6.45) is -0.178. The van der Waals surface area contributed by atoms with Crippen molar-refractivity contribution in [1.82, 2.24) is 15.5 Å². The van der Waals surface area contributed by atoms with Gasteiger partial charge in [0.15, 0.2) is 0 Å². The summed E-state index contributed by atoms with van der Waals surface area (Å²) in [6.45, 7) is 3.57. The lowest BCUT2D eigenvalue weighted by molar-refractivity contribution is -0.148. The normalized spacial score (nSPS) is 11.9. The Balaban J connectivity index is 1.59. The molecular formula is C22H22ClN3O4S. The number of esters is 1. The van der Waals surface area contributed by atoms with Gasteiger partial charge in [-0.1, -0.05) is 53.7 Å². The highest BCUT2D eigenvalue weighted by Crippen LogP contribution is 2.25. The van der Waals surface area contributed by atoms with Gasteiger partial charge in [0.05, 0.1) is 24.3 Å². The molecule has 0 radical (unpaired) electrons. The summed E-state index contributed by atoms with van der Waals surface area (Å²) in [4.78, 5) is 24.7. The molecule has 0 saturated carbocycles. The van der Waals surface area contributed by atoms with E-state index >= 15 is 0 Å². The van der Waals surface area contributed by atoms with Crippen LogP contribution in [0.3, 0.4) is 0 Å². The van der Waals surface area contributed by atoms with E-state index in [1.165, 1.54) is 0 Å². The maximum Gasteiger partial charge on any atom is 0.308 e. The second-order valence-corrected chi connectivity index (χ2v) is 8.31. The Morgan fingerprint density at radius 1 is 1.10 bits per heavy atom. The summed E-state index contributed by atoms with van der Waals surface area (Å²) in [5.41, 5.74) is 1.56. The Labute approximate surface area is 189 Å². The first-order valence-electron chi connectivity index (χ1n) is 9.66. The maximum atomic E-state index is 12.5. The van der Waals surface area contributed by atoms with Crippen LogP contribution in [0.15, 0.2) is 64.2 Å². The Kier molecular flexibility index (Phi) is 8.08. The van der Waals surface area contributed by atoms with Gasteiger partial charge in [0.1, 0.15) is 0 Å². The largest absolute Gasteiger partial charge is 0.463 e. The van der Waals surface area contributed by atoms with Crippen molar-refractivity contribution >= 4 is 35.2 Å². The van der Waals surface area contributed by atoms with Crippen molar-refractivity contribution in [3.05, 3.63) is 65.2 Å². The molecule has 0 bridgehead atoms. The van der Waals surface area contributed by atoms with Crippen LogP contribution in [0, 0.1) is 0 Å². The molecular weight excluding hydrogens is 438 g/mol. The summed E-state index contributed by atoms with van der Waals surface area (Å²) < 4.78 is 10.8. The van der Waals surface area contributed by atoms with Crippen LogP contribution in [0.2, 0.25) is 5.02 Å². The molecule has 1 amide bonds. The summed E-state index contributed by atoms with van der Waals surface area (Å²) in [5, 5.41) is 11.7. The number of rotatable bonds is 9. The summed E-state index contributed by atoms with van der Waals surface area (Å²) >= 11 is 7.01. The molecule has 9 heteroatoms. The number of amides is 1. The fraction of sp³-hybridized carbons (Fsp3) is 0.273. The highest BCUT2D eigenvalue weighted by Gasteiger charge is 2.20. The van der Waals surface area contributed by atoms with Crippen molar-refractivity contribution in [2.24, 2.45) is 0 Å². The second-order valence-electron chi connectivity index (χ2n) is 6.94. The van der Waals surface area contributed by atoms with Crippen LogP contribution in [-0.4, -0.2) is 33.9 Å². The minimum atomic E-state index is -0.493. The number of ether oxygens (including phenoxy) is 1. The fourth-order valence-corrected chi connectivity index (χ4v) is 3.46. The lowest BCUT2D eigenvalue weighted by Crippen LogP contribution is -2.32. The molecule has 31 heavy (non-hydrogen) atoms. The first-order chi connectivity index (χ1) is 14.9. The number of aromatic nitrogens is 2. The second kappa shape index (κ2) is 11.0. The molecule has 1 heterocycles. The number of hydrogen-bond donors (Lipinski definition) is 1. The third-order valence-electron chi connectivity index (χ3n) is 4.10. The van der Waals surface area contributed by atoms with E-state index in [4.69, 9.17) is 20.8 Å². The molecule has 1 unspecified atom stereocenters. The average molecular weight is 460 g/mol. The van der Waals surface area contributed by atoms with Crippen molar-refractivity contribution < 1.29 is 18.7 Å². The molecule has 162 valence electrons.